The van der Waals surface area contributed by atoms with Crippen LogP contribution < -0.4 is 15.4 Å². The number of hydrogen-bond acceptors (Lipinski definition) is 3. The molecule has 0 saturated heterocycles. The Hall–Kier alpha value is -1.95. The number of carbonyl (C=O) groups is 1. The number of amides is 1. The van der Waals surface area contributed by atoms with E-state index < -0.39 is 12.5 Å². The van der Waals surface area contributed by atoms with E-state index in [4.69, 9.17) is 0 Å². The molecular formula is C15H18F2N2O2. The largest absolute Gasteiger partial charge is 0.434 e. The van der Waals surface area contributed by atoms with Crippen LogP contribution in [0.2, 0.25) is 0 Å². The van der Waals surface area contributed by atoms with Gasteiger partial charge in [-0.2, -0.15) is 8.78 Å². The van der Waals surface area contributed by atoms with Crippen LogP contribution in [0.15, 0.2) is 35.9 Å². The van der Waals surface area contributed by atoms with Crippen molar-refractivity contribution in [2.45, 2.75) is 19.5 Å². The third kappa shape index (κ3) is 4.82. The Bertz CT molecular complexity index is 518. The average Bonchev–Trinajstić information content (AvgIpc) is 2.48. The highest BCUT2D eigenvalue weighted by molar-refractivity contribution is 5.96. The predicted molar refractivity (Wildman–Crippen MR) is 75.6 cm³/mol. The molecule has 0 radical (unpaired) electrons. The number of alkyl halides is 2. The summed E-state index contributed by atoms with van der Waals surface area (Å²) in [7, 11) is 0. The summed E-state index contributed by atoms with van der Waals surface area (Å²) >= 11 is 0. The van der Waals surface area contributed by atoms with Crippen LogP contribution in [-0.2, 0) is 0 Å². The lowest BCUT2D eigenvalue weighted by Gasteiger charge is -2.15. The van der Waals surface area contributed by atoms with Gasteiger partial charge in [-0.3, -0.25) is 4.79 Å². The summed E-state index contributed by atoms with van der Waals surface area (Å²) in [6.07, 6.45) is 3.86. The van der Waals surface area contributed by atoms with E-state index in [9.17, 15) is 13.6 Å². The highest BCUT2D eigenvalue weighted by atomic mass is 19.3. The summed E-state index contributed by atoms with van der Waals surface area (Å²) in [4.78, 5) is 12.0. The highest BCUT2D eigenvalue weighted by Gasteiger charge is 2.15. The van der Waals surface area contributed by atoms with Gasteiger partial charge in [0.1, 0.15) is 5.75 Å². The Kier molecular flexibility index (Phi) is 5.68. The number of nitrogens with one attached hydrogen (secondary N) is 2. The van der Waals surface area contributed by atoms with Crippen molar-refractivity contribution in [2.75, 3.05) is 19.6 Å². The number of rotatable bonds is 6. The smallest absolute Gasteiger partial charge is 0.387 e. The van der Waals surface area contributed by atoms with Gasteiger partial charge in [-0.1, -0.05) is 23.8 Å². The number of hydrogen-bond donors (Lipinski definition) is 2. The number of para-hydroxylation sites is 1. The minimum atomic E-state index is -2.95. The molecule has 21 heavy (non-hydrogen) atoms. The molecule has 1 aliphatic heterocycles. The second kappa shape index (κ2) is 7.73. The summed E-state index contributed by atoms with van der Waals surface area (Å²) in [6, 6.07) is 5.99. The van der Waals surface area contributed by atoms with Crippen LogP contribution in [-0.4, -0.2) is 32.2 Å². The van der Waals surface area contributed by atoms with Crippen molar-refractivity contribution in [3.8, 4) is 5.75 Å². The molecule has 1 amide bonds. The second-order valence-corrected chi connectivity index (χ2v) is 4.70. The topological polar surface area (TPSA) is 50.4 Å². The molecule has 0 aliphatic carbocycles. The molecule has 0 aromatic heterocycles. The maximum absolute atomic E-state index is 12.3. The monoisotopic (exact) mass is 296 g/mol. The van der Waals surface area contributed by atoms with Gasteiger partial charge in [0.05, 0.1) is 5.56 Å². The molecule has 2 N–H and O–H groups in total. The zero-order valence-electron chi connectivity index (χ0n) is 11.6. The van der Waals surface area contributed by atoms with Gasteiger partial charge in [-0.25, -0.2) is 0 Å². The summed E-state index contributed by atoms with van der Waals surface area (Å²) in [6.45, 7) is -0.661. The molecule has 0 atom stereocenters. The standard InChI is InChI=1S/C15H18F2N2O2/c16-15(17)21-13-4-2-1-3-12(13)14(20)19-10-7-11-5-8-18-9-6-11/h1-5,15,18H,6-10H2,(H,19,20). The number of ether oxygens (including phenoxy) is 1. The molecule has 4 nitrogen and oxygen atoms in total. The summed E-state index contributed by atoms with van der Waals surface area (Å²) < 4.78 is 28.9. The number of benzene rings is 1. The SMILES string of the molecule is O=C(NCCC1=CCNCC1)c1ccccc1OC(F)F. The van der Waals surface area contributed by atoms with Crippen LogP contribution in [0.5, 0.6) is 5.75 Å². The minimum absolute atomic E-state index is 0.105. The number of carbonyl (C=O) groups excluding carboxylic acids is 1. The zero-order chi connectivity index (χ0) is 15.1. The third-order valence-electron chi connectivity index (χ3n) is 3.24. The molecule has 6 heteroatoms. The van der Waals surface area contributed by atoms with Crippen LogP contribution in [0.3, 0.4) is 0 Å². The first-order valence-corrected chi connectivity index (χ1v) is 6.87. The normalized spacial score (nSPS) is 14.7. The van der Waals surface area contributed by atoms with Crippen LogP contribution >= 0.6 is 0 Å². The molecule has 0 bridgehead atoms. The molecule has 0 spiro atoms. The Morgan fingerprint density at radius 2 is 2.19 bits per heavy atom. The lowest BCUT2D eigenvalue weighted by molar-refractivity contribution is -0.0501. The first kappa shape index (κ1) is 15.4. The fourth-order valence-corrected chi connectivity index (χ4v) is 2.18. The molecular weight excluding hydrogens is 278 g/mol. The Labute approximate surface area is 122 Å². The Morgan fingerprint density at radius 3 is 2.90 bits per heavy atom. The Morgan fingerprint density at radius 1 is 1.38 bits per heavy atom. The molecule has 0 unspecified atom stereocenters. The first-order valence-electron chi connectivity index (χ1n) is 6.87. The van der Waals surface area contributed by atoms with Crippen molar-refractivity contribution in [2.24, 2.45) is 0 Å². The van der Waals surface area contributed by atoms with Gasteiger partial charge in [0.15, 0.2) is 0 Å². The predicted octanol–water partition coefficient (Wildman–Crippen LogP) is 2.33. The van der Waals surface area contributed by atoms with E-state index in [2.05, 4.69) is 21.4 Å². The van der Waals surface area contributed by atoms with E-state index >= 15 is 0 Å². The van der Waals surface area contributed by atoms with Crippen molar-refractivity contribution in [3.05, 3.63) is 41.5 Å². The number of halogens is 2. The van der Waals surface area contributed by atoms with Gasteiger partial charge in [-0.05, 0) is 31.5 Å². The van der Waals surface area contributed by atoms with Gasteiger partial charge in [0.2, 0.25) is 0 Å². The van der Waals surface area contributed by atoms with Gasteiger partial charge >= 0.3 is 6.61 Å². The minimum Gasteiger partial charge on any atom is -0.434 e. The third-order valence-corrected chi connectivity index (χ3v) is 3.24. The quantitative estimate of drug-likeness (QED) is 0.792. The van der Waals surface area contributed by atoms with Gasteiger partial charge in [0.25, 0.3) is 5.91 Å². The maximum atomic E-state index is 12.3. The van der Waals surface area contributed by atoms with Crippen molar-refractivity contribution < 1.29 is 18.3 Å². The van der Waals surface area contributed by atoms with Crippen LogP contribution in [0, 0.1) is 0 Å². The molecule has 1 aromatic rings. The summed E-state index contributed by atoms with van der Waals surface area (Å²) in [5.41, 5.74) is 1.42. The zero-order valence-corrected chi connectivity index (χ0v) is 11.6. The maximum Gasteiger partial charge on any atom is 0.387 e. The Balaban J connectivity index is 1.89. The fraction of sp³-hybridized carbons (Fsp3) is 0.400. The van der Waals surface area contributed by atoms with E-state index in [-0.39, 0.29) is 11.3 Å². The average molecular weight is 296 g/mol. The lowest BCUT2D eigenvalue weighted by Crippen LogP contribution is -2.27. The van der Waals surface area contributed by atoms with Gasteiger partial charge in [0, 0.05) is 13.1 Å². The second-order valence-electron chi connectivity index (χ2n) is 4.70. The first-order chi connectivity index (χ1) is 10.2. The van der Waals surface area contributed by atoms with Gasteiger partial charge < -0.3 is 15.4 Å². The molecule has 0 fully saturated rings. The van der Waals surface area contributed by atoms with E-state index in [1.54, 1.807) is 12.1 Å². The van der Waals surface area contributed by atoms with Crippen molar-refractivity contribution >= 4 is 5.91 Å². The van der Waals surface area contributed by atoms with Crippen LogP contribution in [0.1, 0.15) is 23.2 Å². The van der Waals surface area contributed by atoms with E-state index in [1.165, 1.54) is 17.7 Å². The van der Waals surface area contributed by atoms with Crippen molar-refractivity contribution in [1.29, 1.82) is 0 Å². The van der Waals surface area contributed by atoms with Gasteiger partial charge in [-0.15, -0.1) is 0 Å². The molecule has 0 saturated carbocycles. The lowest BCUT2D eigenvalue weighted by atomic mass is 10.1. The van der Waals surface area contributed by atoms with Crippen LogP contribution in [0.25, 0.3) is 0 Å². The molecule has 2 rings (SSSR count). The summed E-state index contributed by atoms with van der Waals surface area (Å²) in [5, 5.41) is 5.95. The van der Waals surface area contributed by atoms with Crippen LogP contribution in [0.4, 0.5) is 8.78 Å². The fourth-order valence-electron chi connectivity index (χ4n) is 2.18. The van der Waals surface area contributed by atoms with E-state index in [0.29, 0.717) is 6.54 Å². The molecule has 1 heterocycles. The molecule has 1 aromatic carbocycles. The van der Waals surface area contributed by atoms with Crippen molar-refractivity contribution in [1.82, 2.24) is 10.6 Å². The highest BCUT2D eigenvalue weighted by Crippen LogP contribution is 2.20. The molecule has 1 aliphatic rings. The summed E-state index contributed by atoms with van der Waals surface area (Å²) in [5.74, 6) is -0.508. The van der Waals surface area contributed by atoms with E-state index in [1.807, 2.05) is 0 Å². The van der Waals surface area contributed by atoms with Crippen molar-refractivity contribution in [3.63, 3.8) is 0 Å². The van der Waals surface area contributed by atoms with E-state index in [0.717, 1.165) is 25.9 Å². The molecule has 114 valence electrons.